The van der Waals surface area contributed by atoms with Crippen LogP contribution in [-0.2, 0) is 9.53 Å². The van der Waals surface area contributed by atoms with Crippen LogP contribution in [0.3, 0.4) is 0 Å². The summed E-state index contributed by atoms with van der Waals surface area (Å²) in [7, 11) is 1.28. The summed E-state index contributed by atoms with van der Waals surface area (Å²) in [6.07, 6.45) is -0.693. The van der Waals surface area contributed by atoms with Gasteiger partial charge in [0.15, 0.2) is 6.04 Å². The lowest BCUT2D eigenvalue weighted by Crippen LogP contribution is -2.41. The standard InChI is InChI=1S/C27H21NO4/c1-32-27(31)28(24(26(29)30)19-15-14-17-8-2-3-9-18(17)16-19)25-22-12-6-4-10-20(22)21-11-5-7-13-23(21)25/h2-16,24-25H,1H3,(H,29,30). The second-order valence-corrected chi connectivity index (χ2v) is 7.80. The van der Waals surface area contributed by atoms with Gasteiger partial charge < -0.3 is 9.84 Å². The summed E-state index contributed by atoms with van der Waals surface area (Å²) in [6.45, 7) is 0. The fourth-order valence-corrected chi connectivity index (χ4v) is 4.69. The first-order valence-electron chi connectivity index (χ1n) is 10.4. The summed E-state index contributed by atoms with van der Waals surface area (Å²) in [4.78, 5) is 27.1. The van der Waals surface area contributed by atoms with Crippen molar-refractivity contribution in [1.29, 1.82) is 0 Å². The zero-order valence-corrected chi connectivity index (χ0v) is 17.4. The third-order valence-corrected chi connectivity index (χ3v) is 6.07. The van der Waals surface area contributed by atoms with Gasteiger partial charge in [-0.15, -0.1) is 0 Å². The summed E-state index contributed by atoms with van der Waals surface area (Å²) in [5.74, 6) is -1.12. The molecule has 1 N–H and O–H groups in total. The molecule has 1 unspecified atom stereocenters. The van der Waals surface area contributed by atoms with Crippen molar-refractivity contribution in [1.82, 2.24) is 4.90 Å². The first kappa shape index (κ1) is 19.8. The average Bonchev–Trinajstić information content (AvgIpc) is 3.15. The van der Waals surface area contributed by atoms with Gasteiger partial charge in [-0.25, -0.2) is 9.59 Å². The third-order valence-electron chi connectivity index (χ3n) is 6.07. The minimum Gasteiger partial charge on any atom is -0.479 e. The molecule has 5 heteroatoms. The number of rotatable bonds is 4. The van der Waals surface area contributed by atoms with Crippen LogP contribution in [0.5, 0.6) is 0 Å². The van der Waals surface area contributed by atoms with Crippen molar-refractivity contribution in [2.75, 3.05) is 7.11 Å². The molecule has 0 spiro atoms. The fraction of sp³-hybridized carbons (Fsp3) is 0.111. The molecule has 0 aromatic heterocycles. The van der Waals surface area contributed by atoms with E-state index >= 15 is 0 Å². The van der Waals surface area contributed by atoms with Gasteiger partial charge in [0.1, 0.15) is 0 Å². The number of carboxylic acid groups (broad SMARTS) is 1. The van der Waals surface area contributed by atoms with Gasteiger partial charge in [0.2, 0.25) is 0 Å². The van der Waals surface area contributed by atoms with Gasteiger partial charge >= 0.3 is 12.1 Å². The van der Waals surface area contributed by atoms with Crippen molar-refractivity contribution >= 4 is 22.8 Å². The number of hydrogen-bond donors (Lipinski definition) is 1. The van der Waals surface area contributed by atoms with Crippen LogP contribution >= 0.6 is 0 Å². The van der Waals surface area contributed by atoms with Gasteiger partial charge in [0.05, 0.1) is 13.2 Å². The Morgan fingerprint density at radius 3 is 1.97 bits per heavy atom. The molecule has 1 amide bonds. The second kappa shape index (κ2) is 7.85. The molecule has 158 valence electrons. The molecule has 4 aromatic rings. The lowest BCUT2D eigenvalue weighted by Gasteiger charge is -2.34. The van der Waals surface area contributed by atoms with Gasteiger partial charge in [-0.1, -0.05) is 84.9 Å². The van der Waals surface area contributed by atoms with E-state index in [0.717, 1.165) is 33.0 Å². The van der Waals surface area contributed by atoms with Gasteiger partial charge in [-0.05, 0) is 44.7 Å². The van der Waals surface area contributed by atoms with Gasteiger partial charge in [0, 0.05) is 0 Å². The number of fused-ring (bicyclic) bond motifs is 4. The van der Waals surface area contributed by atoms with Crippen LogP contribution in [0, 0.1) is 0 Å². The van der Waals surface area contributed by atoms with Crippen molar-refractivity contribution < 1.29 is 19.4 Å². The van der Waals surface area contributed by atoms with Crippen molar-refractivity contribution in [3.05, 3.63) is 108 Å². The van der Waals surface area contributed by atoms with Crippen LogP contribution in [0.25, 0.3) is 21.9 Å². The summed E-state index contributed by atoms with van der Waals surface area (Å²) < 4.78 is 5.12. The maximum atomic E-state index is 13.1. The molecule has 1 aliphatic rings. The van der Waals surface area contributed by atoms with Crippen LogP contribution in [0.1, 0.15) is 28.8 Å². The molecule has 1 atom stereocenters. The molecule has 5 rings (SSSR count). The first-order chi connectivity index (χ1) is 15.6. The van der Waals surface area contributed by atoms with Gasteiger partial charge in [0.25, 0.3) is 0 Å². The average molecular weight is 423 g/mol. The van der Waals surface area contributed by atoms with Crippen LogP contribution in [-0.4, -0.2) is 29.2 Å². The highest BCUT2D eigenvalue weighted by Gasteiger charge is 2.43. The Balaban J connectivity index is 1.72. The number of nitrogens with zero attached hydrogens (tertiary/aromatic N) is 1. The van der Waals surface area contributed by atoms with E-state index in [4.69, 9.17) is 4.74 Å². The van der Waals surface area contributed by atoms with E-state index in [1.54, 1.807) is 6.07 Å². The minimum atomic E-state index is -1.23. The number of methoxy groups -OCH3 is 1. The number of benzene rings is 4. The molecule has 0 aliphatic heterocycles. The number of carbonyl (C=O) groups is 2. The number of ether oxygens (including phenoxy) is 1. The summed E-state index contributed by atoms with van der Waals surface area (Å²) >= 11 is 0. The Morgan fingerprint density at radius 2 is 1.38 bits per heavy atom. The zero-order valence-electron chi connectivity index (χ0n) is 17.4. The summed E-state index contributed by atoms with van der Waals surface area (Å²) in [5.41, 5.74) is 4.26. The Kier molecular flexibility index (Phi) is 4.86. The maximum Gasteiger partial charge on any atom is 0.411 e. The van der Waals surface area contributed by atoms with Crippen molar-refractivity contribution in [3.63, 3.8) is 0 Å². The van der Waals surface area contributed by atoms with Crippen LogP contribution in [0.4, 0.5) is 4.79 Å². The molecule has 1 aliphatic carbocycles. The number of carbonyl (C=O) groups excluding carboxylic acids is 1. The normalized spacial score (nSPS) is 13.3. The molecule has 0 fully saturated rings. The smallest absolute Gasteiger partial charge is 0.411 e. The highest BCUT2D eigenvalue weighted by Crippen LogP contribution is 2.48. The lowest BCUT2D eigenvalue weighted by molar-refractivity contribution is -0.143. The van der Waals surface area contributed by atoms with E-state index in [1.807, 2.05) is 84.9 Å². The van der Waals surface area contributed by atoms with Crippen LogP contribution in [0.15, 0.2) is 91.0 Å². The molecule has 32 heavy (non-hydrogen) atoms. The van der Waals surface area contributed by atoms with E-state index in [1.165, 1.54) is 12.0 Å². The van der Waals surface area contributed by atoms with Crippen LogP contribution < -0.4 is 0 Å². The third kappa shape index (κ3) is 3.10. The molecular weight excluding hydrogens is 402 g/mol. The predicted octanol–water partition coefficient (Wildman–Crippen LogP) is 5.80. The minimum absolute atomic E-state index is 0.517. The zero-order chi connectivity index (χ0) is 22.2. The predicted molar refractivity (Wildman–Crippen MR) is 122 cm³/mol. The molecule has 0 saturated carbocycles. The fourth-order valence-electron chi connectivity index (χ4n) is 4.69. The second-order valence-electron chi connectivity index (χ2n) is 7.80. The molecular formula is C27H21NO4. The van der Waals surface area contributed by atoms with Crippen LogP contribution in [0.2, 0.25) is 0 Å². The lowest BCUT2D eigenvalue weighted by atomic mass is 9.96. The summed E-state index contributed by atoms with van der Waals surface area (Å²) in [5, 5.41) is 12.2. The Labute approximate surface area is 185 Å². The quantitative estimate of drug-likeness (QED) is 0.450. The van der Waals surface area contributed by atoms with Gasteiger partial charge in [-0.2, -0.15) is 0 Å². The van der Waals surface area contributed by atoms with E-state index < -0.39 is 24.1 Å². The SMILES string of the molecule is COC(=O)N(C(C(=O)O)c1ccc2ccccc2c1)C1c2ccccc2-c2ccccc21. The number of carboxylic acids is 1. The Morgan fingerprint density at radius 1 is 0.812 bits per heavy atom. The highest BCUT2D eigenvalue weighted by molar-refractivity contribution is 5.88. The molecule has 0 saturated heterocycles. The molecule has 0 bridgehead atoms. The molecule has 0 heterocycles. The Bertz CT molecular complexity index is 1300. The largest absolute Gasteiger partial charge is 0.479 e. The number of amides is 1. The number of aliphatic carboxylic acids is 1. The highest BCUT2D eigenvalue weighted by atomic mass is 16.5. The summed E-state index contributed by atoms with van der Waals surface area (Å²) in [6, 6.07) is 27.0. The first-order valence-corrected chi connectivity index (χ1v) is 10.4. The molecule has 0 radical (unpaired) electrons. The topological polar surface area (TPSA) is 66.8 Å². The van der Waals surface area contributed by atoms with E-state index in [2.05, 4.69) is 0 Å². The van der Waals surface area contributed by atoms with Crippen molar-refractivity contribution in [2.24, 2.45) is 0 Å². The Hall–Kier alpha value is -4.12. The number of hydrogen-bond acceptors (Lipinski definition) is 3. The molecule has 4 aromatic carbocycles. The van der Waals surface area contributed by atoms with E-state index in [-0.39, 0.29) is 0 Å². The van der Waals surface area contributed by atoms with E-state index in [9.17, 15) is 14.7 Å². The van der Waals surface area contributed by atoms with Crippen molar-refractivity contribution in [2.45, 2.75) is 12.1 Å². The van der Waals surface area contributed by atoms with E-state index in [0.29, 0.717) is 5.56 Å². The van der Waals surface area contributed by atoms with Crippen molar-refractivity contribution in [3.8, 4) is 11.1 Å². The monoisotopic (exact) mass is 423 g/mol. The maximum absolute atomic E-state index is 13.1. The molecule has 5 nitrogen and oxygen atoms in total. The van der Waals surface area contributed by atoms with Gasteiger partial charge in [-0.3, -0.25) is 4.90 Å².